The Morgan fingerprint density at radius 2 is 2.32 bits per heavy atom. The van der Waals surface area contributed by atoms with Gasteiger partial charge in [-0.2, -0.15) is 0 Å². The van der Waals surface area contributed by atoms with Gasteiger partial charge in [-0.05, 0) is 5.92 Å². The van der Waals surface area contributed by atoms with E-state index in [2.05, 4.69) is 29.5 Å². The molecule has 19 heavy (non-hydrogen) atoms. The molecule has 1 fully saturated rings. The predicted molar refractivity (Wildman–Crippen MR) is 82.0 cm³/mol. The molecule has 2 atom stereocenters. The van der Waals surface area contributed by atoms with Crippen LogP contribution in [0.4, 0.5) is 0 Å². The summed E-state index contributed by atoms with van der Waals surface area (Å²) in [7, 11) is 0. The Hall–Kier alpha value is -0.200. The number of nitrogens with one attached hydrogen (secondary N) is 2. The third kappa shape index (κ3) is 5.36. The minimum atomic E-state index is -0.199. The summed E-state index contributed by atoms with van der Waals surface area (Å²) in [6, 6.07) is 0. The topological polar surface area (TPSA) is 57.2 Å². The highest BCUT2D eigenvalue weighted by atomic mass is 35.5. The largest absolute Gasteiger partial charge is 0.391 e. The lowest BCUT2D eigenvalue weighted by Crippen LogP contribution is -2.29. The van der Waals surface area contributed by atoms with Crippen LogP contribution in [0.25, 0.3) is 0 Å². The zero-order valence-corrected chi connectivity index (χ0v) is 13.2. The van der Waals surface area contributed by atoms with Crippen molar-refractivity contribution in [2.75, 3.05) is 19.6 Å². The third-order valence-corrected chi connectivity index (χ3v) is 4.21. The zero-order chi connectivity index (χ0) is 13.0. The Morgan fingerprint density at radius 1 is 1.53 bits per heavy atom. The average Bonchev–Trinajstić information content (AvgIpc) is 2.89. The zero-order valence-electron chi connectivity index (χ0n) is 11.6. The number of aliphatic hydroxyl groups is 1. The summed E-state index contributed by atoms with van der Waals surface area (Å²) in [5.74, 6) is 1.00. The fourth-order valence-corrected chi connectivity index (χ4v) is 3.29. The summed E-state index contributed by atoms with van der Waals surface area (Å²) >= 11 is 1.79. The van der Waals surface area contributed by atoms with E-state index < -0.39 is 0 Å². The van der Waals surface area contributed by atoms with Gasteiger partial charge in [-0.1, -0.05) is 13.8 Å². The molecule has 1 aliphatic heterocycles. The second-order valence-corrected chi connectivity index (χ2v) is 6.63. The molecule has 0 radical (unpaired) electrons. The second-order valence-electron chi connectivity index (χ2n) is 5.43. The van der Waals surface area contributed by atoms with Crippen LogP contribution in [0.15, 0.2) is 6.20 Å². The summed E-state index contributed by atoms with van der Waals surface area (Å²) in [6.45, 7) is 7.80. The molecule has 1 aromatic heterocycles. The van der Waals surface area contributed by atoms with E-state index in [9.17, 15) is 5.11 Å². The highest BCUT2D eigenvalue weighted by molar-refractivity contribution is 7.11. The summed E-state index contributed by atoms with van der Waals surface area (Å²) < 4.78 is 0. The molecular weight excluding hydrogens is 282 g/mol. The number of nitrogens with zero attached hydrogens (tertiary/aromatic N) is 1. The number of β-amino-alcohol motifs (C(OH)–C–C–N with tert-alkyl or cyclic N) is 1. The van der Waals surface area contributed by atoms with E-state index >= 15 is 0 Å². The van der Waals surface area contributed by atoms with E-state index in [1.807, 2.05) is 6.20 Å². The molecule has 1 saturated heterocycles. The van der Waals surface area contributed by atoms with E-state index in [0.717, 1.165) is 32.6 Å². The summed E-state index contributed by atoms with van der Waals surface area (Å²) in [4.78, 5) is 5.72. The van der Waals surface area contributed by atoms with Gasteiger partial charge in [-0.3, -0.25) is 0 Å². The van der Waals surface area contributed by atoms with E-state index in [-0.39, 0.29) is 18.5 Å². The molecule has 2 rings (SSSR count). The maximum atomic E-state index is 9.68. The minimum Gasteiger partial charge on any atom is -0.391 e. The van der Waals surface area contributed by atoms with Crippen molar-refractivity contribution in [2.24, 2.45) is 11.8 Å². The Balaban J connectivity index is 0.00000180. The van der Waals surface area contributed by atoms with Gasteiger partial charge in [0, 0.05) is 49.6 Å². The van der Waals surface area contributed by atoms with Crippen molar-refractivity contribution in [3.05, 3.63) is 16.1 Å². The number of aliphatic hydroxyl groups excluding tert-OH is 1. The van der Waals surface area contributed by atoms with Crippen molar-refractivity contribution in [1.82, 2.24) is 15.6 Å². The standard InChI is InChI=1S/C13H23N3OS.ClH/c1-9(2)3-13-16-7-11(18-13)6-14-4-10-5-15-8-12(10)17;/h7,9-10,12,14-15,17H,3-6,8H2,1-2H3;1H. The number of rotatable bonds is 6. The molecule has 1 aromatic rings. The van der Waals surface area contributed by atoms with E-state index in [1.165, 1.54) is 9.88 Å². The van der Waals surface area contributed by atoms with Gasteiger partial charge < -0.3 is 15.7 Å². The van der Waals surface area contributed by atoms with Gasteiger partial charge in [0.1, 0.15) is 0 Å². The summed E-state index contributed by atoms with van der Waals surface area (Å²) in [5.41, 5.74) is 0. The van der Waals surface area contributed by atoms with E-state index in [4.69, 9.17) is 0 Å². The van der Waals surface area contributed by atoms with Crippen LogP contribution in [0.1, 0.15) is 23.7 Å². The Bertz CT molecular complexity index is 373. The monoisotopic (exact) mass is 305 g/mol. The van der Waals surface area contributed by atoms with Gasteiger partial charge in [0.05, 0.1) is 11.1 Å². The average molecular weight is 306 g/mol. The Kier molecular flexibility index (Phi) is 7.25. The fourth-order valence-electron chi connectivity index (χ4n) is 2.18. The van der Waals surface area contributed by atoms with E-state index in [0.29, 0.717) is 11.8 Å². The highest BCUT2D eigenvalue weighted by Crippen LogP contribution is 2.16. The van der Waals surface area contributed by atoms with Crippen LogP contribution in [0.2, 0.25) is 0 Å². The normalized spacial score (nSPS) is 22.7. The molecule has 2 unspecified atom stereocenters. The second kappa shape index (κ2) is 8.17. The van der Waals surface area contributed by atoms with E-state index in [1.54, 1.807) is 11.3 Å². The molecule has 0 spiro atoms. The number of hydrogen-bond donors (Lipinski definition) is 3. The first-order chi connectivity index (χ1) is 8.65. The fraction of sp³-hybridized carbons (Fsp3) is 0.769. The maximum absolute atomic E-state index is 9.68. The van der Waals surface area contributed by atoms with Crippen LogP contribution >= 0.6 is 23.7 Å². The third-order valence-electron chi connectivity index (χ3n) is 3.19. The van der Waals surface area contributed by atoms with Crippen molar-refractivity contribution < 1.29 is 5.11 Å². The lowest BCUT2D eigenvalue weighted by molar-refractivity contribution is 0.146. The molecule has 0 bridgehead atoms. The molecular formula is C13H24ClN3OS. The summed E-state index contributed by atoms with van der Waals surface area (Å²) in [5, 5.41) is 17.5. The molecule has 1 aliphatic rings. The molecule has 3 N–H and O–H groups in total. The Morgan fingerprint density at radius 3 is 2.95 bits per heavy atom. The van der Waals surface area contributed by atoms with Crippen LogP contribution in [-0.4, -0.2) is 35.8 Å². The molecule has 0 aliphatic carbocycles. The molecule has 110 valence electrons. The molecule has 2 heterocycles. The van der Waals surface area contributed by atoms with Crippen molar-refractivity contribution in [3.8, 4) is 0 Å². The van der Waals surface area contributed by atoms with Crippen LogP contribution in [0.3, 0.4) is 0 Å². The SMILES string of the molecule is CC(C)Cc1ncc(CNCC2CNCC2O)s1.Cl. The van der Waals surface area contributed by atoms with Gasteiger partial charge >= 0.3 is 0 Å². The lowest BCUT2D eigenvalue weighted by atomic mass is 10.1. The molecule has 4 nitrogen and oxygen atoms in total. The van der Waals surface area contributed by atoms with Crippen molar-refractivity contribution >= 4 is 23.7 Å². The highest BCUT2D eigenvalue weighted by Gasteiger charge is 2.24. The van der Waals surface area contributed by atoms with Crippen LogP contribution in [-0.2, 0) is 13.0 Å². The van der Waals surface area contributed by atoms with Gasteiger partial charge in [-0.25, -0.2) is 4.98 Å². The predicted octanol–water partition coefficient (Wildman–Crippen LogP) is 1.43. The van der Waals surface area contributed by atoms with Gasteiger partial charge in [-0.15, -0.1) is 23.7 Å². The van der Waals surface area contributed by atoms with Crippen LogP contribution < -0.4 is 10.6 Å². The lowest BCUT2D eigenvalue weighted by Gasteiger charge is -2.13. The number of thiazole rings is 1. The smallest absolute Gasteiger partial charge is 0.0930 e. The molecule has 6 heteroatoms. The molecule has 0 amide bonds. The first kappa shape index (κ1) is 16.9. The van der Waals surface area contributed by atoms with Crippen molar-refractivity contribution in [1.29, 1.82) is 0 Å². The quantitative estimate of drug-likeness (QED) is 0.744. The number of aromatic nitrogens is 1. The van der Waals surface area contributed by atoms with Crippen molar-refractivity contribution in [2.45, 2.75) is 32.9 Å². The number of halogens is 1. The Labute approximate surface area is 125 Å². The van der Waals surface area contributed by atoms with Crippen LogP contribution in [0.5, 0.6) is 0 Å². The van der Waals surface area contributed by atoms with Gasteiger partial charge in [0.2, 0.25) is 0 Å². The first-order valence-corrected chi connectivity index (χ1v) is 7.50. The molecule has 0 aromatic carbocycles. The van der Waals surface area contributed by atoms with Crippen LogP contribution in [0, 0.1) is 11.8 Å². The maximum Gasteiger partial charge on any atom is 0.0930 e. The van der Waals surface area contributed by atoms with Crippen molar-refractivity contribution in [3.63, 3.8) is 0 Å². The number of hydrogen-bond acceptors (Lipinski definition) is 5. The van der Waals surface area contributed by atoms with Gasteiger partial charge in [0.15, 0.2) is 0 Å². The summed E-state index contributed by atoms with van der Waals surface area (Å²) in [6.07, 6.45) is 2.84. The van der Waals surface area contributed by atoms with Gasteiger partial charge in [0.25, 0.3) is 0 Å². The minimum absolute atomic E-state index is 0. The first-order valence-electron chi connectivity index (χ1n) is 6.68. The molecule has 0 saturated carbocycles.